The average molecular weight is 491 g/mol. The summed E-state index contributed by atoms with van der Waals surface area (Å²) in [7, 11) is 1.59. The lowest BCUT2D eigenvalue weighted by Crippen LogP contribution is -2.51. The van der Waals surface area contributed by atoms with Gasteiger partial charge in [-0.05, 0) is 24.6 Å². The van der Waals surface area contributed by atoms with E-state index in [9.17, 15) is 14.4 Å². The van der Waals surface area contributed by atoms with Crippen LogP contribution in [0.5, 0.6) is 0 Å². The standard InChI is InChI=1S/C24H26N8O4/c1-36-10-9-30-19(11-18-22(30)25-20-5-2-3-8-31(20)23(18)34)24(35)29-14-17(15-29)32-13-16(26-27-32)12-28-7-4-6-21(28)33/h2-3,5,8,11,13,17H,4,6-7,9-10,12,14-15H2,1H3. The minimum Gasteiger partial charge on any atom is -0.383 e. The Morgan fingerprint density at radius 3 is 2.86 bits per heavy atom. The first-order valence-electron chi connectivity index (χ1n) is 12.0. The van der Waals surface area contributed by atoms with Gasteiger partial charge in [-0.1, -0.05) is 11.3 Å². The molecule has 4 aromatic rings. The molecule has 36 heavy (non-hydrogen) atoms. The van der Waals surface area contributed by atoms with Crippen molar-refractivity contribution in [3.63, 3.8) is 0 Å². The molecule has 0 saturated carbocycles. The third-order valence-corrected chi connectivity index (χ3v) is 6.92. The van der Waals surface area contributed by atoms with Gasteiger partial charge < -0.3 is 19.1 Å². The second kappa shape index (κ2) is 8.86. The van der Waals surface area contributed by atoms with Gasteiger partial charge in [0.15, 0.2) is 0 Å². The van der Waals surface area contributed by atoms with Gasteiger partial charge in [-0.3, -0.25) is 18.8 Å². The van der Waals surface area contributed by atoms with E-state index in [2.05, 4.69) is 15.3 Å². The molecule has 0 spiro atoms. The van der Waals surface area contributed by atoms with Crippen LogP contribution in [0.15, 0.2) is 41.5 Å². The molecule has 12 nitrogen and oxygen atoms in total. The lowest BCUT2D eigenvalue weighted by atomic mass is 10.1. The van der Waals surface area contributed by atoms with Crippen LogP contribution < -0.4 is 5.56 Å². The number of nitrogens with zero attached hydrogens (tertiary/aromatic N) is 8. The van der Waals surface area contributed by atoms with Crippen LogP contribution in [0.25, 0.3) is 16.7 Å². The summed E-state index contributed by atoms with van der Waals surface area (Å²) in [5.41, 5.74) is 1.93. The molecule has 0 aliphatic carbocycles. The largest absolute Gasteiger partial charge is 0.383 e. The van der Waals surface area contributed by atoms with Crippen molar-refractivity contribution in [1.82, 2.24) is 38.7 Å². The zero-order valence-electron chi connectivity index (χ0n) is 19.9. The maximum absolute atomic E-state index is 13.5. The molecule has 2 amide bonds. The number of pyridine rings is 1. The Morgan fingerprint density at radius 2 is 2.08 bits per heavy atom. The molecule has 2 fully saturated rings. The minimum atomic E-state index is -0.214. The van der Waals surface area contributed by atoms with E-state index >= 15 is 0 Å². The van der Waals surface area contributed by atoms with E-state index in [0.29, 0.717) is 61.6 Å². The van der Waals surface area contributed by atoms with Crippen LogP contribution in [0.2, 0.25) is 0 Å². The smallest absolute Gasteiger partial charge is 0.270 e. The van der Waals surface area contributed by atoms with E-state index < -0.39 is 0 Å². The number of likely N-dealkylation sites (tertiary alicyclic amines) is 2. The number of methoxy groups -OCH3 is 1. The number of fused-ring (bicyclic) bond motifs is 2. The molecule has 2 aliphatic rings. The van der Waals surface area contributed by atoms with Crippen molar-refractivity contribution < 1.29 is 14.3 Å². The van der Waals surface area contributed by atoms with Crippen molar-refractivity contribution in [3.8, 4) is 0 Å². The van der Waals surface area contributed by atoms with E-state index in [1.807, 2.05) is 12.3 Å². The second-order valence-electron chi connectivity index (χ2n) is 9.23. The van der Waals surface area contributed by atoms with Gasteiger partial charge >= 0.3 is 0 Å². The van der Waals surface area contributed by atoms with Crippen LogP contribution in [0.4, 0.5) is 0 Å². The maximum Gasteiger partial charge on any atom is 0.270 e. The summed E-state index contributed by atoms with van der Waals surface area (Å²) in [6.07, 6.45) is 4.99. The summed E-state index contributed by atoms with van der Waals surface area (Å²) in [6, 6.07) is 7.00. The van der Waals surface area contributed by atoms with Gasteiger partial charge in [-0.15, -0.1) is 5.10 Å². The first-order valence-corrected chi connectivity index (χ1v) is 12.0. The fourth-order valence-electron chi connectivity index (χ4n) is 4.92. The van der Waals surface area contributed by atoms with Gasteiger partial charge in [0, 0.05) is 45.9 Å². The van der Waals surface area contributed by atoms with Crippen LogP contribution in [-0.2, 0) is 22.6 Å². The SMILES string of the molecule is COCCn1c(C(=O)N2CC(n3cc(CN4CCCC4=O)nn3)C2)cc2c(=O)n3ccccc3nc21. The van der Waals surface area contributed by atoms with Crippen molar-refractivity contribution in [3.05, 3.63) is 58.4 Å². The molecular formula is C24H26N8O4. The molecule has 0 bridgehead atoms. The van der Waals surface area contributed by atoms with E-state index in [1.165, 1.54) is 4.40 Å². The molecule has 0 radical (unpaired) electrons. The Balaban J connectivity index is 1.23. The number of ether oxygens (including phenoxy) is 1. The molecule has 6 rings (SSSR count). The predicted molar refractivity (Wildman–Crippen MR) is 128 cm³/mol. The first-order chi connectivity index (χ1) is 17.5. The third-order valence-electron chi connectivity index (χ3n) is 6.92. The molecule has 0 aromatic carbocycles. The van der Waals surface area contributed by atoms with Crippen LogP contribution >= 0.6 is 0 Å². The molecular weight excluding hydrogens is 464 g/mol. The highest BCUT2D eigenvalue weighted by molar-refractivity contribution is 5.98. The van der Waals surface area contributed by atoms with Crippen LogP contribution in [0.3, 0.4) is 0 Å². The zero-order valence-corrected chi connectivity index (χ0v) is 19.9. The number of hydrogen-bond donors (Lipinski definition) is 0. The predicted octanol–water partition coefficient (Wildman–Crippen LogP) is 0.707. The maximum atomic E-state index is 13.5. The second-order valence-corrected chi connectivity index (χ2v) is 9.23. The molecule has 2 aliphatic heterocycles. The third kappa shape index (κ3) is 3.73. The summed E-state index contributed by atoms with van der Waals surface area (Å²) < 4.78 is 10.3. The Labute approximate surface area is 205 Å². The average Bonchev–Trinajstić information content (AvgIpc) is 3.57. The quantitative estimate of drug-likeness (QED) is 0.374. The Kier molecular flexibility index (Phi) is 5.52. The van der Waals surface area contributed by atoms with Gasteiger partial charge in [-0.2, -0.15) is 0 Å². The number of amides is 2. The fraction of sp³-hybridized carbons (Fsp3) is 0.417. The summed E-state index contributed by atoms with van der Waals surface area (Å²) in [4.78, 5) is 46.6. The summed E-state index contributed by atoms with van der Waals surface area (Å²) in [5, 5.41) is 8.83. The summed E-state index contributed by atoms with van der Waals surface area (Å²) in [6.45, 7) is 2.95. The van der Waals surface area contributed by atoms with E-state index in [-0.39, 0.29) is 23.4 Å². The van der Waals surface area contributed by atoms with Gasteiger partial charge in [0.2, 0.25) is 5.91 Å². The number of carbonyl (C=O) groups excluding carboxylic acids is 2. The molecule has 0 atom stereocenters. The molecule has 6 heterocycles. The number of rotatable bonds is 7. The van der Waals surface area contributed by atoms with E-state index in [0.717, 1.165) is 18.7 Å². The number of aromatic nitrogens is 6. The Bertz CT molecular complexity index is 1530. The molecule has 2 saturated heterocycles. The monoisotopic (exact) mass is 490 g/mol. The van der Waals surface area contributed by atoms with Crippen molar-refractivity contribution in [2.75, 3.05) is 33.4 Å². The first kappa shape index (κ1) is 22.4. The summed E-state index contributed by atoms with van der Waals surface area (Å²) in [5.74, 6) is -0.0207. The molecule has 4 aromatic heterocycles. The number of hydrogen-bond acceptors (Lipinski definition) is 7. The normalized spacial score (nSPS) is 16.4. The van der Waals surface area contributed by atoms with E-state index in [1.54, 1.807) is 50.6 Å². The Morgan fingerprint density at radius 1 is 1.22 bits per heavy atom. The molecule has 0 unspecified atom stereocenters. The highest BCUT2D eigenvalue weighted by Crippen LogP contribution is 2.25. The van der Waals surface area contributed by atoms with Crippen LogP contribution in [-0.4, -0.2) is 83.9 Å². The van der Waals surface area contributed by atoms with Crippen LogP contribution in [0.1, 0.15) is 35.1 Å². The van der Waals surface area contributed by atoms with Gasteiger partial charge in [0.1, 0.15) is 22.7 Å². The van der Waals surface area contributed by atoms with Gasteiger partial charge in [0.05, 0.1) is 30.8 Å². The Hall–Kier alpha value is -4.06. The van der Waals surface area contributed by atoms with Gasteiger partial charge in [0.25, 0.3) is 11.5 Å². The number of carbonyl (C=O) groups is 2. The van der Waals surface area contributed by atoms with Crippen molar-refractivity contribution in [2.24, 2.45) is 0 Å². The molecule has 186 valence electrons. The lowest BCUT2D eigenvalue weighted by molar-refractivity contribution is -0.128. The lowest BCUT2D eigenvalue weighted by Gasteiger charge is -2.38. The van der Waals surface area contributed by atoms with Crippen LogP contribution in [0, 0.1) is 0 Å². The minimum absolute atomic E-state index is 0.00706. The molecule has 0 N–H and O–H groups in total. The van der Waals surface area contributed by atoms with Crippen molar-refractivity contribution in [2.45, 2.75) is 32.0 Å². The topological polar surface area (TPSA) is 120 Å². The molecule has 12 heteroatoms. The highest BCUT2D eigenvalue weighted by Gasteiger charge is 2.35. The highest BCUT2D eigenvalue weighted by atomic mass is 16.5. The summed E-state index contributed by atoms with van der Waals surface area (Å²) >= 11 is 0. The fourth-order valence-corrected chi connectivity index (χ4v) is 4.92. The van der Waals surface area contributed by atoms with Crippen molar-refractivity contribution in [1.29, 1.82) is 0 Å². The van der Waals surface area contributed by atoms with Gasteiger partial charge in [-0.25, -0.2) is 9.67 Å². The van der Waals surface area contributed by atoms with E-state index in [4.69, 9.17) is 4.74 Å². The zero-order chi connectivity index (χ0) is 24.8. The van der Waals surface area contributed by atoms with Crippen molar-refractivity contribution >= 4 is 28.5 Å².